The van der Waals surface area contributed by atoms with Gasteiger partial charge in [-0.25, -0.2) is 0 Å². The Kier molecular flexibility index (Phi) is 5.58. The van der Waals surface area contributed by atoms with Gasteiger partial charge in [0, 0.05) is 48.8 Å². The van der Waals surface area contributed by atoms with Gasteiger partial charge in [0.15, 0.2) is 0 Å². The molecule has 2 heterocycles. The highest BCUT2D eigenvalue weighted by Crippen LogP contribution is 2.33. The molecule has 0 aromatic rings. The number of hydrogen-bond donors (Lipinski definition) is 0. The third kappa shape index (κ3) is 5.25. The lowest BCUT2D eigenvalue weighted by Crippen LogP contribution is -2.43. The molecule has 0 aliphatic carbocycles. The largest absolute Gasteiger partial charge is 0.381 e. The lowest BCUT2D eigenvalue weighted by molar-refractivity contribution is -0.0312. The second-order valence-electron chi connectivity index (χ2n) is 6.90. The number of nitrogens with zero attached hydrogens (tertiary/aromatic N) is 1. The Hall–Kier alpha value is 0.230. The van der Waals surface area contributed by atoms with Crippen LogP contribution in [0.3, 0.4) is 0 Å². The summed E-state index contributed by atoms with van der Waals surface area (Å²) in [4.78, 5) is 2.61. The van der Waals surface area contributed by atoms with Crippen molar-refractivity contribution < 1.29 is 9.47 Å². The zero-order chi connectivity index (χ0) is 13.8. The van der Waals surface area contributed by atoms with Crippen LogP contribution in [0, 0.1) is 5.41 Å². The van der Waals surface area contributed by atoms with Crippen LogP contribution in [0.15, 0.2) is 0 Å². The average molecular weight is 287 g/mol. The fourth-order valence-corrected chi connectivity index (χ4v) is 3.82. The third-order valence-electron chi connectivity index (χ3n) is 4.02. The van der Waals surface area contributed by atoms with Crippen molar-refractivity contribution in [2.45, 2.75) is 38.4 Å². The van der Waals surface area contributed by atoms with Gasteiger partial charge < -0.3 is 9.47 Å². The van der Waals surface area contributed by atoms with Crippen LogP contribution in [0.5, 0.6) is 0 Å². The van der Waals surface area contributed by atoms with E-state index in [-0.39, 0.29) is 0 Å². The summed E-state index contributed by atoms with van der Waals surface area (Å²) in [6.45, 7) is 14.0. The maximum Gasteiger partial charge on any atom is 0.0593 e. The van der Waals surface area contributed by atoms with Gasteiger partial charge in [-0.1, -0.05) is 20.8 Å². The summed E-state index contributed by atoms with van der Waals surface area (Å²) in [5.41, 5.74) is 0.362. The topological polar surface area (TPSA) is 21.7 Å². The standard InChI is InChI=1S/C15H29NO2S/c1-14(2,3)19-11-7-16-6-10-18-13-15(12-16)4-8-17-9-5-15/h4-13H2,1-3H3. The van der Waals surface area contributed by atoms with Crippen molar-refractivity contribution >= 4 is 11.8 Å². The first kappa shape index (κ1) is 15.6. The Bertz CT molecular complexity index is 272. The van der Waals surface area contributed by atoms with E-state index in [0.29, 0.717) is 10.2 Å². The molecule has 0 radical (unpaired) electrons. The van der Waals surface area contributed by atoms with Gasteiger partial charge in [0.05, 0.1) is 13.2 Å². The molecule has 0 saturated carbocycles. The molecule has 2 fully saturated rings. The van der Waals surface area contributed by atoms with Crippen LogP contribution in [0.1, 0.15) is 33.6 Å². The molecular weight excluding hydrogens is 258 g/mol. The summed E-state index contributed by atoms with van der Waals surface area (Å²) >= 11 is 2.06. The van der Waals surface area contributed by atoms with Crippen LogP contribution in [-0.2, 0) is 9.47 Å². The van der Waals surface area contributed by atoms with E-state index in [1.54, 1.807) is 0 Å². The fourth-order valence-electron chi connectivity index (χ4n) is 2.86. The third-order valence-corrected chi connectivity index (χ3v) is 5.27. The molecule has 4 heteroatoms. The molecule has 0 amide bonds. The molecular formula is C15H29NO2S. The van der Waals surface area contributed by atoms with E-state index in [0.717, 1.165) is 45.8 Å². The highest BCUT2D eigenvalue weighted by atomic mass is 32.2. The Labute approximate surface area is 122 Å². The van der Waals surface area contributed by atoms with E-state index in [4.69, 9.17) is 9.47 Å². The zero-order valence-electron chi connectivity index (χ0n) is 12.7. The number of hydrogen-bond acceptors (Lipinski definition) is 4. The Balaban J connectivity index is 1.82. The highest BCUT2D eigenvalue weighted by Gasteiger charge is 2.36. The van der Waals surface area contributed by atoms with Crippen LogP contribution in [0.2, 0.25) is 0 Å². The van der Waals surface area contributed by atoms with Crippen molar-refractivity contribution in [1.29, 1.82) is 0 Å². The van der Waals surface area contributed by atoms with E-state index >= 15 is 0 Å². The summed E-state index contributed by atoms with van der Waals surface area (Å²) < 4.78 is 11.8. The molecule has 19 heavy (non-hydrogen) atoms. The van der Waals surface area contributed by atoms with Crippen LogP contribution < -0.4 is 0 Å². The molecule has 2 aliphatic rings. The van der Waals surface area contributed by atoms with Gasteiger partial charge >= 0.3 is 0 Å². The molecule has 2 rings (SSSR count). The van der Waals surface area contributed by atoms with Crippen molar-refractivity contribution in [2.24, 2.45) is 5.41 Å². The zero-order valence-corrected chi connectivity index (χ0v) is 13.6. The molecule has 3 nitrogen and oxygen atoms in total. The monoisotopic (exact) mass is 287 g/mol. The quantitative estimate of drug-likeness (QED) is 0.795. The predicted molar refractivity (Wildman–Crippen MR) is 82.0 cm³/mol. The van der Waals surface area contributed by atoms with Crippen LogP contribution in [-0.4, -0.2) is 61.5 Å². The Morgan fingerprint density at radius 2 is 1.84 bits per heavy atom. The smallest absolute Gasteiger partial charge is 0.0593 e. The first-order valence-electron chi connectivity index (χ1n) is 7.51. The first-order chi connectivity index (χ1) is 8.99. The molecule has 0 atom stereocenters. The molecule has 0 unspecified atom stereocenters. The van der Waals surface area contributed by atoms with Gasteiger partial charge in [-0.3, -0.25) is 4.90 Å². The molecule has 0 aromatic heterocycles. The van der Waals surface area contributed by atoms with E-state index in [9.17, 15) is 0 Å². The molecule has 2 aliphatic heterocycles. The maximum absolute atomic E-state index is 5.86. The van der Waals surface area contributed by atoms with Gasteiger partial charge in [-0.2, -0.15) is 11.8 Å². The summed E-state index contributed by atoms with van der Waals surface area (Å²) in [5, 5.41) is 0. The normalized spacial score (nSPS) is 25.4. The Morgan fingerprint density at radius 3 is 2.53 bits per heavy atom. The van der Waals surface area contributed by atoms with Gasteiger partial charge in [0.1, 0.15) is 0 Å². The first-order valence-corrected chi connectivity index (χ1v) is 8.50. The molecule has 1 spiro atoms. The SMILES string of the molecule is CC(C)(C)SCCN1CCOCC2(CCOCC2)C1. The number of rotatable bonds is 3. The minimum absolute atomic E-state index is 0.362. The highest BCUT2D eigenvalue weighted by molar-refractivity contribution is 8.00. The maximum atomic E-state index is 5.86. The summed E-state index contributed by atoms with van der Waals surface area (Å²) in [7, 11) is 0. The molecule has 0 bridgehead atoms. The van der Waals surface area contributed by atoms with E-state index < -0.39 is 0 Å². The van der Waals surface area contributed by atoms with E-state index in [1.165, 1.54) is 18.8 Å². The summed E-state index contributed by atoms with van der Waals surface area (Å²) in [5.74, 6) is 1.22. The minimum atomic E-state index is 0.362. The van der Waals surface area contributed by atoms with Crippen LogP contribution >= 0.6 is 11.8 Å². The van der Waals surface area contributed by atoms with Crippen molar-refractivity contribution in [2.75, 3.05) is 51.8 Å². The van der Waals surface area contributed by atoms with Crippen molar-refractivity contribution in [3.63, 3.8) is 0 Å². The fraction of sp³-hybridized carbons (Fsp3) is 1.00. The lowest BCUT2D eigenvalue weighted by Gasteiger charge is -2.38. The molecule has 112 valence electrons. The van der Waals surface area contributed by atoms with Crippen LogP contribution in [0.4, 0.5) is 0 Å². The van der Waals surface area contributed by atoms with Gasteiger partial charge in [-0.05, 0) is 12.8 Å². The number of thioether (sulfide) groups is 1. The predicted octanol–water partition coefficient (Wildman–Crippen LogP) is 2.65. The average Bonchev–Trinajstić information content (AvgIpc) is 2.52. The van der Waals surface area contributed by atoms with Gasteiger partial charge in [0.25, 0.3) is 0 Å². The summed E-state index contributed by atoms with van der Waals surface area (Å²) in [6.07, 6.45) is 2.33. The van der Waals surface area contributed by atoms with Crippen LogP contribution in [0.25, 0.3) is 0 Å². The molecule has 2 saturated heterocycles. The van der Waals surface area contributed by atoms with Crippen molar-refractivity contribution in [3.8, 4) is 0 Å². The van der Waals surface area contributed by atoms with Crippen molar-refractivity contribution in [1.82, 2.24) is 4.90 Å². The molecule has 0 aromatic carbocycles. The number of ether oxygens (including phenoxy) is 2. The lowest BCUT2D eigenvalue weighted by atomic mass is 9.80. The molecule has 0 N–H and O–H groups in total. The van der Waals surface area contributed by atoms with E-state index in [1.807, 2.05) is 0 Å². The Morgan fingerprint density at radius 1 is 1.11 bits per heavy atom. The minimum Gasteiger partial charge on any atom is -0.381 e. The van der Waals surface area contributed by atoms with Gasteiger partial charge in [-0.15, -0.1) is 0 Å². The van der Waals surface area contributed by atoms with Gasteiger partial charge in [0.2, 0.25) is 0 Å². The van der Waals surface area contributed by atoms with E-state index in [2.05, 4.69) is 37.4 Å². The van der Waals surface area contributed by atoms with Crippen molar-refractivity contribution in [3.05, 3.63) is 0 Å². The summed E-state index contributed by atoms with van der Waals surface area (Å²) in [6, 6.07) is 0. The second-order valence-corrected chi connectivity index (χ2v) is 8.82. The second kappa shape index (κ2) is 6.79.